The van der Waals surface area contributed by atoms with E-state index in [4.69, 9.17) is 0 Å². The van der Waals surface area contributed by atoms with Crippen LogP contribution in [0.2, 0.25) is 0 Å². The summed E-state index contributed by atoms with van der Waals surface area (Å²) in [6.45, 7) is -1.51. The highest BCUT2D eigenvalue weighted by Gasteiger charge is 2.26. The van der Waals surface area contributed by atoms with Crippen LogP contribution in [0.1, 0.15) is 24.9 Å². The average molecular weight is 283 g/mol. The third-order valence-electron chi connectivity index (χ3n) is 2.44. The number of ether oxygens (including phenoxy) is 1. The molecule has 7 heteroatoms. The normalized spacial score (nSPS) is 13.6. The van der Waals surface area contributed by atoms with Crippen molar-refractivity contribution in [2.45, 2.75) is 32.2 Å². The van der Waals surface area contributed by atoms with Crippen molar-refractivity contribution in [3.05, 3.63) is 29.8 Å². The molecule has 0 bridgehead atoms. The Morgan fingerprint density at radius 3 is 2.53 bits per heavy atom. The van der Waals surface area contributed by atoms with Crippen LogP contribution in [0.5, 0.6) is 5.75 Å². The molecule has 0 aromatic heterocycles. The standard InChI is InChI=1S/C12H14F5NO/c1-8(18-6-5-12(15,16)17)9-3-2-4-10(7-9)19-11(13)14/h2-4,7-8,11,18H,5-6H2,1H3. The number of rotatable bonds is 6. The second kappa shape index (κ2) is 6.70. The first-order valence-corrected chi connectivity index (χ1v) is 5.63. The largest absolute Gasteiger partial charge is 0.435 e. The van der Waals surface area contributed by atoms with Crippen LogP contribution < -0.4 is 10.1 Å². The molecule has 0 heterocycles. The lowest BCUT2D eigenvalue weighted by atomic mass is 10.1. The van der Waals surface area contributed by atoms with Gasteiger partial charge in [0, 0.05) is 12.6 Å². The summed E-state index contributed by atoms with van der Waals surface area (Å²) in [6, 6.07) is 5.48. The van der Waals surface area contributed by atoms with Gasteiger partial charge >= 0.3 is 12.8 Å². The predicted octanol–water partition coefficient (Wildman–Crippen LogP) is 3.89. The molecule has 0 aliphatic carbocycles. The molecule has 0 spiro atoms. The van der Waals surface area contributed by atoms with Crippen molar-refractivity contribution in [1.29, 1.82) is 0 Å². The molecule has 1 unspecified atom stereocenters. The van der Waals surface area contributed by atoms with Gasteiger partial charge in [-0.15, -0.1) is 0 Å². The zero-order valence-electron chi connectivity index (χ0n) is 10.2. The Labute approximate surface area is 107 Å². The van der Waals surface area contributed by atoms with Crippen molar-refractivity contribution in [2.24, 2.45) is 0 Å². The molecular formula is C12H14F5NO. The molecule has 19 heavy (non-hydrogen) atoms. The van der Waals surface area contributed by atoms with E-state index < -0.39 is 19.2 Å². The molecule has 0 aliphatic rings. The van der Waals surface area contributed by atoms with Crippen molar-refractivity contribution in [1.82, 2.24) is 5.32 Å². The van der Waals surface area contributed by atoms with Crippen LogP contribution in [0.15, 0.2) is 24.3 Å². The zero-order chi connectivity index (χ0) is 14.5. The Hall–Kier alpha value is -1.37. The highest BCUT2D eigenvalue weighted by molar-refractivity contribution is 5.30. The molecule has 0 amide bonds. The molecule has 2 nitrogen and oxygen atoms in total. The minimum atomic E-state index is -4.21. The Balaban J connectivity index is 2.54. The van der Waals surface area contributed by atoms with E-state index >= 15 is 0 Å². The maximum atomic E-state index is 12.0. The maximum absolute atomic E-state index is 12.0. The number of benzene rings is 1. The van der Waals surface area contributed by atoms with E-state index in [1.807, 2.05) is 0 Å². The average Bonchev–Trinajstić information content (AvgIpc) is 2.26. The van der Waals surface area contributed by atoms with Gasteiger partial charge in [0.05, 0.1) is 6.42 Å². The van der Waals surface area contributed by atoms with Gasteiger partial charge < -0.3 is 10.1 Å². The lowest BCUT2D eigenvalue weighted by molar-refractivity contribution is -0.133. The van der Waals surface area contributed by atoms with E-state index in [0.717, 1.165) is 0 Å². The number of alkyl halides is 5. The molecule has 1 rings (SSSR count). The molecule has 0 radical (unpaired) electrons. The van der Waals surface area contributed by atoms with Crippen molar-refractivity contribution in [3.63, 3.8) is 0 Å². The first-order valence-electron chi connectivity index (χ1n) is 5.63. The zero-order valence-corrected chi connectivity index (χ0v) is 10.2. The third-order valence-corrected chi connectivity index (χ3v) is 2.44. The lowest BCUT2D eigenvalue weighted by Crippen LogP contribution is -2.24. The Morgan fingerprint density at radius 2 is 1.95 bits per heavy atom. The second-order valence-electron chi connectivity index (χ2n) is 3.99. The molecule has 0 aliphatic heterocycles. The monoisotopic (exact) mass is 283 g/mol. The molecule has 108 valence electrons. The van der Waals surface area contributed by atoms with Crippen molar-refractivity contribution < 1.29 is 26.7 Å². The van der Waals surface area contributed by atoms with Gasteiger partial charge in [0.2, 0.25) is 0 Å². The number of nitrogens with one attached hydrogen (secondary N) is 1. The fourth-order valence-electron chi connectivity index (χ4n) is 1.51. The van der Waals surface area contributed by atoms with Gasteiger partial charge in [-0.05, 0) is 24.6 Å². The van der Waals surface area contributed by atoms with E-state index in [0.29, 0.717) is 5.56 Å². The van der Waals surface area contributed by atoms with Crippen LogP contribution >= 0.6 is 0 Å². The Bertz CT molecular complexity index is 394. The van der Waals surface area contributed by atoms with Crippen LogP contribution in [0, 0.1) is 0 Å². The summed E-state index contributed by atoms with van der Waals surface area (Å²) in [6.07, 6.45) is -5.15. The van der Waals surface area contributed by atoms with Crippen LogP contribution in [-0.2, 0) is 0 Å². The molecule has 0 saturated heterocycles. The highest BCUT2D eigenvalue weighted by Crippen LogP contribution is 2.22. The second-order valence-corrected chi connectivity index (χ2v) is 3.99. The summed E-state index contributed by atoms with van der Waals surface area (Å²) in [5.74, 6) is -0.0167. The quantitative estimate of drug-likeness (QED) is 0.800. The van der Waals surface area contributed by atoms with Gasteiger partial charge in [0.15, 0.2) is 0 Å². The van der Waals surface area contributed by atoms with Gasteiger partial charge in [-0.1, -0.05) is 12.1 Å². The summed E-state index contributed by atoms with van der Waals surface area (Å²) in [7, 11) is 0. The summed E-state index contributed by atoms with van der Waals surface area (Å²) in [5.41, 5.74) is 0.584. The number of hydrogen-bond acceptors (Lipinski definition) is 2. The first-order chi connectivity index (χ1) is 8.78. The molecule has 1 atom stereocenters. The van der Waals surface area contributed by atoms with E-state index in [9.17, 15) is 22.0 Å². The lowest BCUT2D eigenvalue weighted by Gasteiger charge is -2.16. The van der Waals surface area contributed by atoms with Gasteiger partial charge in [-0.2, -0.15) is 22.0 Å². The summed E-state index contributed by atoms with van der Waals surface area (Å²) >= 11 is 0. The minimum Gasteiger partial charge on any atom is -0.435 e. The van der Waals surface area contributed by atoms with Crippen molar-refractivity contribution in [2.75, 3.05) is 6.54 Å². The minimum absolute atomic E-state index is 0.0167. The SMILES string of the molecule is CC(NCCC(F)(F)F)c1cccc(OC(F)F)c1. The van der Waals surface area contributed by atoms with Crippen LogP contribution in [0.3, 0.4) is 0 Å². The highest BCUT2D eigenvalue weighted by atomic mass is 19.4. The van der Waals surface area contributed by atoms with Crippen LogP contribution in [0.4, 0.5) is 22.0 Å². The van der Waals surface area contributed by atoms with Crippen LogP contribution in [-0.4, -0.2) is 19.3 Å². The fourth-order valence-corrected chi connectivity index (χ4v) is 1.51. The van der Waals surface area contributed by atoms with Gasteiger partial charge in [0.1, 0.15) is 5.75 Å². The van der Waals surface area contributed by atoms with E-state index in [2.05, 4.69) is 10.1 Å². The molecule has 1 aromatic carbocycles. The number of halogens is 5. The molecule has 1 N–H and O–H groups in total. The molecule has 0 fully saturated rings. The van der Waals surface area contributed by atoms with E-state index in [1.165, 1.54) is 18.2 Å². The first kappa shape index (κ1) is 15.7. The van der Waals surface area contributed by atoms with E-state index in [1.54, 1.807) is 13.0 Å². The number of hydrogen-bond donors (Lipinski definition) is 1. The maximum Gasteiger partial charge on any atom is 0.390 e. The summed E-state index contributed by atoms with van der Waals surface area (Å²) in [5, 5.41) is 2.67. The van der Waals surface area contributed by atoms with Gasteiger partial charge in [-0.3, -0.25) is 0 Å². The smallest absolute Gasteiger partial charge is 0.390 e. The van der Waals surface area contributed by atoms with Crippen LogP contribution in [0.25, 0.3) is 0 Å². The molecular weight excluding hydrogens is 269 g/mol. The topological polar surface area (TPSA) is 21.3 Å². The summed E-state index contributed by atoms with van der Waals surface area (Å²) < 4.78 is 64.2. The Morgan fingerprint density at radius 1 is 1.26 bits per heavy atom. The van der Waals surface area contributed by atoms with Gasteiger partial charge in [-0.25, -0.2) is 0 Å². The third kappa shape index (κ3) is 6.37. The Kier molecular flexibility index (Phi) is 5.53. The molecule has 0 saturated carbocycles. The van der Waals surface area contributed by atoms with Crippen molar-refractivity contribution >= 4 is 0 Å². The fraction of sp³-hybridized carbons (Fsp3) is 0.500. The predicted molar refractivity (Wildman–Crippen MR) is 60.2 cm³/mol. The van der Waals surface area contributed by atoms with E-state index in [-0.39, 0.29) is 18.3 Å². The van der Waals surface area contributed by atoms with Gasteiger partial charge in [0.25, 0.3) is 0 Å². The molecule has 1 aromatic rings. The van der Waals surface area contributed by atoms with Crippen molar-refractivity contribution in [3.8, 4) is 5.75 Å². The summed E-state index contributed by atoms with van der Waals surface area (Å²) in [4.78, 5) is 0.